The zero-order valence-electron chi connectivity index (χ0n) is 8.51. The summed E-state index contributed by atoms with van der Waals surface area (Å²) in [6, 6.07) is 0. The molecule has 0 saturated carbocycles. The molecule has 72 valence electrons. The van der Waals surface area contributed by atoms with Crippen LogP contribution < -0.4 is 0 Å². The van der Waals surface area contributed by atoms with Crippen molar-refractivity contribution in [2.45, 2.75) is 46.0 Å². The first-order valence-electron chi connectivity index (χ1n) is 5.10. The Hall–Kier alpha value is 0.0900. The van der Waals surface area contributed by atoms with Crippen molar-refractivity contribution in [1.82, 2.24) is 0 Å². The van der Waals surface area contributed by atoms with E-state index in [-0.39, 0.29) is 0 Å². The Balaban J connectivity index is 2.81. The lowest BCUT2D eigenvalue weighted by molar-refractivity contribution is 0.678. The average Bonchev–Trinajstić information content (AvgIpc) is 2.10. The summed E-state index contributed by atoms with van der Waals surface area (Å²) in [7, 11) is 0. The van der Waals surface area contributed by atoms with Gasteiger partial charge in [-0.2, -0.15) is 11.8 Å². The number of hydrogen-bond acceptors (Lipinski definition) is 1. The molecule has 0 fully saturated rings. The summed E-state index contributed by atoms with van der Waals surface area (Å²) in [5.41, 5.74) is 0. The van der Waals surface area contributed by atoms with Crippen molar-refractivity contribution in [2.75, 3.05) is 11.5 Å². The maximum Gasteiger partial charge on any atom is -0.00676 e. The van der Waals surface area contributed by atoms with Crippen LogP contribution in [0.5, 0.6) is 0 Å². The number of thioether (sulfide) groups is 1. The SMILES string of the molecule is CC=CCCCCCCSCC. The fourth-order valence-corrected chi connectivity index (χ4v) is 1.83. The van der Waals surface area contributed by atoms with Crippen molar-refractivity contribution >= 4 is 11.8 Å². The Morgan fingerprint density at radius 2 is 1.83 bits per heavy atom. The first-order chi connectivity index (χ1) is 5.91. The maximum absolute atomic E-state index is 2.26. The van der Waals surface area contributed by atoms with E-state index in [9.17, 15) is 0 Å². The van der Waals surface area contributed by atoms with E-state index in [0.717, 1.165) is 0 Å². The maximum atomic E-state index is 2.26. The predicted molar refractivity (Wildman–Crippen MR) is 60.9 cm³/mol. The standard InChI is InChI=1S/C11H22S/c1-3-5-6-7-8-9-10-11-12-4-2/h3,5H,4,6-11H2,1-2H3. The molecule has 0 aromatic heterocycles. The van der Waals surface area contributed by atoms with Crippen LogP contribution >= 0.6 is 11.8 Å². The summed E-state index contributed by atoms with van der Waals surface area (Å²) in [6.45, 7) is 4.33. The molecule has 0 heterocycles. The quantitative estimate of drug-likeness (QED) is 0.403. The lowest BCUT2D eigenvalue weighted by atomic mass is 10.1. The van der Waals surface area contributed by atoms with Crippen LogP contribution in [0.3, 0.4) is 0 Å². The summed E-state index contributed by atoms with van der Waals surface area (Å²) in [4.78, 5) is 0. The smallest absolute Gasteiger partial charge is 0.00676 e. The van der Waals surface area contributed by atoms with Gasteiger partial charge in [0.15, 0.2) is 0 Å². The van der Waals surface area contributed by atoms with E-state index in [4.69, 9.17) is 0 Å². The average molecular weight is 186 g/mol. The summed E-state index contributed by atoms with van der Waals surface area (Å²) in [5.74, 6) is 2.64. The Kier molecular flexibility index (Phi) is 11.2. The third kappa shape index (κ3) is 10.1. The highest BCUT2D eigenvalue weighted by Gasteiger charge is 1.88. The topological polar surface area (TPSA) is 0 Å². The van der Waals surface area contributed by atoms with Crippen molar-refractivity contribution in [3.63, 3.8) is 0 Å². The monoisotopic (exact) mass is 186 g/mol. The number of unbranched alkanes of at least 4 members (excludes halogenated alkanes) is 4. The first kappa shape index (κ1) is 12.1. The van der Waals surface area contributed by atoms with Gasteiger partial charge >= 0.3 is 0 Å². The van der Waals surface area contributed by atoms with E-state index in [1.807, 2.05) is 0 Å². The zero-order valence-corrected chi connectivity index (χ0v) is 9.33. The fraction of sp³-hybridized carbons (Fsp3) is 0.818. The Labute approximate surface area is 81.8 Å². The van der Waals surface area contributed by atoms with Gasteiger partial charge in [-0.1, -0.05) is 31.9 Å². The second-order valence-electron chi connectivity index (χ2n) is 2.97. The number of hydrogen-bond donors (Lipinski definition) is 0. The molecule has 0 aromatic rings. The van der Waals surface area contributed by atoms with Crippen LogP contribution in [0, 0.1) is 0 Å². The minimum absolute atomic E-state index is 1.28. The normalized spacial score (nSPS) is 11.2. The molecule has 0 spiro atoms. The Morgan fingerprint density at radius 3 is 2.50 bits per heavy atom. The largest absolute Gasteiger partial charge is 0.162 e. The van der Waals surface area contributed by atoms with E-state index < -0.39 is 0 Å². The van der Waals surface area contributed by atoms with Crippen LogP contribution in [0.2, 0.25) is 0 Å². The molecule has 0 nitrogen and oxygen atoms in total. The molecule has 0 aromatic carbocycles. The molecule has 0 bridgehead atoms. The minimum Gasteiger partial charge on any atom is -0.162 e. The molecule has 0 radical (unpaired) electrons. The molecule has 0 aliphatic rings. The van der Waals surface area contributed by atoms with Crippen LogP contribution in [0.25, 0.3) is 0 Å². The van der Waals surface area contributed by atoms with Gasteiger partial charge in [-0.15, -0.1) is 0 Å². The van der Waals surface area contributed by atoms with Gasteiger partial charge in [-0.25, -0.2) is 0 Å². The van der Waals surface area contributed by atoms with Gasteiger partial charge in [0.05, 0.1) is 0 Å². The molecule has 0 atom stereocenters. The summed E-state index contributed by atoms with van der Waals surface area (Å²) in [6.07, 6.45) is 11.3. The minimum atomic E-state index is 1.28. The predicted octanol–water partition coefficient (Wildman–Crippen LogP) is 4.27. The summed E-state index contributed by atoms with van der Waals surface area (Å²) in [5, 5.41) is 0. The van der Waals surface area contributed by atoms with E-state index in [1.165, 1.54) is 43.6 Å². The second-order valence-corrected chi connectivity index (χ2v) is 4.36. The van der Waals surface area contributed by atoms with Crippen molar-refractivity contribution in [1.29, 1.82) is 0 Å². The van der Waals surface area contributed by atoms with Gasteiger partial charge < -0.3 is 0 Å². The number of allylic oxidation sites excluding steroid dienone is 2. The third-order valence-electron chi connectivity index (χ3n) is 1.85. The van der Waals surface area contributed by atoms with E-state index in [1.54, 1.807) is 0 Å². The Bertz CT molecular complexity index is 97.2. The fourth-order valence-electron chi connectivity index (χ4n) is 1.13. The second kappa shape index (κ2) is 11.1. The summed E-state index contributed by atoms with van der Waals surface area (Å²) >= 11 is 2.06. The highest BCUT2D eigenvalue weighted by molar-refractivity contribution is 7.99. The van der Waals surface area contributed by atoms with E-state index in [0.29, 0.717) is 0 Å². The van der Waals surface area contributed by atoms with Crippen LogP contribution in [0.15, 0.2) is 12.2 Å². The molecule has 1 heteroatoms. The molecular weight excluding hydrogens is 164 g/mol. The molecule has 12 heavy (non-hydrogen) atoms. The van der Waals surface area contributed by atoms with Crippen molar-refractivity contribution in [3.05, 3.63) is 12.2 Å². The molecule has 0 unspecified atom stereocenters. The van der Waals surface area contributed by atoms with Crippen LogP contribution in [-0.4, -0.2) is 11.5 Å². The van der Waals surface area contributed by atoms with Gasteiger partial charge in [0.25, 0.3) is 0 Å². The molecule has 0 amide bonds. The molecule has 0 aliphatic heterocycles. The van der Waals surface area contributed by atoms with Gasteiger partial charge in [0.1, 0.15) is 0 Å². The highest BCUT2D eigenvalue weighted by atomic mass is 32.2. The summed E-state index contributed by atoms with van der Waals surface area (Å²) < 4.78 is 0. The van der Waals surface area contributed by atoms with Gasteiger partial charge in [0, 0.05) is 0 Å². The van der Waals surface area contributed by atoms with Crippen LogP contribution in [0.1, 0.15) is 46.0 Å². The van der Waals surface area contributed by atoms with Crippen molar-refractivity contribution in [3.8, 4) is 0 Å². The Morgan fingerprint density at radius 1 is 1.08 bits per heavy atom. The molecule has 0 saturated heterocycles. The van der Waals surface area contributed by atoms with E-state index in [2.05, 4.69) is 37.8 Å². The highest BCUT2D eigenvalue weighted by Crippen LogP contribution is 2.08. The molecule has 0 rings (SSSR count). The first-order valence-corrected chi connectivity index (χ1v) is 6.26. The van der Waals surface area contributed by atoms with Gasteiger partial charge in [-0.3, -0.25) is 0 Å². The lowest BCUT2D eigenvalue weighted by Gasteiger charge is -1.98. The van der Waals surface area contributed by atoms with E-state index >= 15 is 0 Å². The van der Waals surface area contributed by atoms with Crippen LogP contribution in [-0.2, 0) is 0 Å². The van der Waals surface area contributed by atoms with Crippen molar-refractivity contribution in [2.24, 2.45) is 0 Å². The van der Waals surface area contributed by atoms with Gasteiger partial charge in [-0.05, 0) is 37.7 Å². The lowest BCUT2D eigenvalue weighted by Crippen LogP contribution is -1.81. The molecular formula is C11H22S. The molecule has 0 aliphatic carbocycles. The van der Waals surface area contributed by atoms with Crippen LogP contribution in [0.4, 0.5) is 0 Å². The molecule has 0 N–H and O–H groups in total. The van der Waals surface area contributed by atoms with Crippen molar-refractivity contribution < 1.29 is 0 Å². The zero-order chi connectivity index (χ0) is 9.07. The van der Waals surface area contributed by atoms with Gasteiger partial charge in [0.2, 0.25) is 0 Å². The third-order valence-corrected chi connectivity index (χ3v) is 2.83. The number of rotatable bonds is 8.